The third-order valence-corrected chi connectivity index (χ3v) is 8.33. The molecule has 2 N–H and O–H groups in total. The number of piperidine rings is 2. The molecule has 2 amide bonds. The number of carbonyl (C=O) groups excluding carboxylic acids is 2. The number of aryl methyl sites for hydroxylation is 2. The SMILES string of the molecule is Cc1cc(C(=O)NNC(=O)c2cc(S(=O)(=O)N3CCCCC3)ccc2N2CCCCC2)c(C)o1. The highest BCUT2D eigenvalue weighted by molar-refractivity contribution is 7.89. The highest BCUT2D eigenvalue weighted by Gasteiger charge is 2.29. The lowest BCUT2D eigenvalue weighted by atomic mass is 10.1. The van der Waals surface area contributed by atoms with E-state index in [2.05, 4.69) is 15.8 Å². The van der Waals surface area contributed by atoms with Gasteiger partial charge < -0.3 is 9.32 Å². The largest absolute Gasteiger partial charge is 0.466 e. The summed E-state index contributed by atoms with van der Waals surface area (Å²) in [5.41, 5.74) is 6.10. The van der Waals surface area contributed by atoms with Crippen LogP contribution in [-0.2, 0) is 10.0 Å². The molecule has 9 nitrogen and oxygen atoms in total. The van der Waals surface area contributed by atoms with Crippen LogP contribution in [0.5, 0.6) is 0 Å². The molecule has 1 aromatic heterocycles. The smallest absolute Gasteiger partial charge is 0.273 e. The van der Waals surface area contributed by atoms with Crippen molar-refractivity contribution in [1.29, 1.82) is 0 Å². The van der Waals surface area contributed by atoms with Gasteiger partial charge in [0.15, 0.2) is 0 Å². The number of nitrogens with one attached hydrogen (secondary N) is 2. The van der Waals surface area contributed by atoms with Crippen molar-refractivity contribution in [2.75, 3.05) is 31.1 Å². The number of sulfonamides is 1. The number of nitrogens with zero attached hydrogens (tertiary/aromatic N) is 2. The Morgan fingerprint density at radius 3 is 2.00 bits per heavy atom. The predicted octanol–water partition coefficient (Wildman–Crippen LogP) is 3.14. The molecular weight excluding hydrogens is 456 g/mol. The van der Waals surface area contributed by atoms with Gasteiger partial charge in [0.1, 0.15) is 11.5 Å². The number of furan rings is 1. The van der Waals surface area contributed by atoms with E-state index in [0.29, 0.717) is 35.9 Å². The molecule has 2 aliphatic heterocycles. The molecule has 0 spiro atoms. The van der Waals surface area contributed by atoms with Crippen LogP contribution in [-0.4, -0.2) is 50.7 Å². The van der Waals surface area contributed by atoms with Crippen LogP contribution in [0.2, 0.25) is 0 Å². The topological polar surface area (TPSA) is 112 Å². The van der Waals surface area contributed by atoms with Crippen LogP contribution >= 0.6 is 0 Å². The lowest BCUT2D eigenvalue weighted by Crippen LogP contribution is -2.43. The number of benzene rings is 1. The van der Waals surface area contributed by atoms with Crippen LogP contribution in [0, 0.1) is 13.8 Å². The van der Waals surface area contributed by atoms with Gasteiger partial charge in [0.25, 0.3) is 11.8 Å². The standard InChI is InChI=1S/C24H32N4O5S/c1-17-15-20(18(2)33-17)23(29)25-26-24(30)21-16-19(34(31,32)28-13-7-4-8-14-28)9-10-22(21)27-11-5-3-6-12-27/h9-10,15-16H,3-8,11-14H2,1-2H3,(H,25,29)(H,26,30). The average molecular weight is 489 g/mol. The zero-order chi connectivity index (χ0) is 24.3. The second-order valence-electron chi connectivity index (χ2n) is 8.93. The van der Waals surface area contributed by atoms with E-state index in [9.17, 15) is 18.0 Å². The number of amides is 2. The third kappa shape index (κ3) is 5.12. The highest BCUT2D eigenvalue weighted by atomic mass is 32.2. The summed E-state index contributed by atoms with van der Waals surface area (Å²) in [7, 11) is -3.71. The maximum atomic E-state index is 13.2. The van der Waals surface area contributed by atoms with Gasteiger partial charge in [-0.2, -0.15) is 4.31 Å². The monoisotopic (exact) mass is 488 g/mol. The fourth-order valence-corrected chi connectivity index (χ4v) is 6.17. The molecule has 1 aromatic carbocycles. The molecule has 0 unspecified atom stereocenters. The number of carbonyl (C=O) groups is 2. The van der Waals surface area contributed by atoms with E-state index in [-0.39, 0.29) is 10.5 Å². The first-order chi connectivity index (χ1) is 16.3. The van der Waals surface area contributed by atoms with Gasteiger partial charge in [-0.15, -0.1) is 0 Å². The van der Waals surface area contributed by atoms with Crippen molar-refractivity contribution in [3.8, 4) is 0 Å². The second-order valence-corrected chi connectivity index (χ2v) is 10.9. The molecule has 34 heavy (non-hydrogen) atoms. The van der Waals surface area contributed by atoms with Gasteiger partial charge in [-0.3, -0.25) is 20.4 Å². The van der Waals surface area contributed by atoms with Crippen molar-refractivity contribution in [3.05, 3.63) is 46.9 Å². The summed E-state index contributed by atoms with van der Waals surface area (Å²) >= 11 is 0. The van der Waals surface area contributed by atoms with Crippen molar-refractivity contribution in [2.24, 2.45) is 0 Å². The minimum absolute atomic E-state index is 0.0907. The quantitative estimate of drug-likeness (QED) is 0.626. The van der Waals surface area contributed by atoms with Gasteiger partial charge in [-0.25, -0.2) is 8.42 Å². The number of hydrazine groups is 1. The van der Waals surface area contributed by atoms with Crippen LogP contribution in [0.1, 0.15) is 70.8 Å². The fourth-order valence-electron chi connectivity index (χ4n) is 4.63. The minimum atomic E-state index is -3.71. The molecule has 184 valence electrons. The van der Waals surface area contributed by atoms with Crippen molar-refractivity contribution < 1.29 is 22.4 Å². The van der Waals surface area contributed by atoms with Gasteiger partial charge in [0.05, 0.1) is 16.0 Å². The van der Waals surface area contributed by atoms with E-state index in [4.69, 9.17) is 4.42 Å². The first-order valence-electron chi connectivity index (χ1n) is 11.8. The zero-order valence-electron chi connectivity index (χ0n) is 19.7. The Morgan fingerprint density at radius 2 is 1.41 bits per heavy atom. The summed E-state index contributed by atoms with van der Waals surface area (Å²) in [6.07, 6.45) is 5.81. The Hall–Kier alpha value is -2.85. The molecule has 2 fully saturated rings. The second kappa shape index (κ2) is 10.2. The maximum absolute atomic E-state index is 13.2. The lowest BCUT2D eigenvalue weighted by Gasteiger charge is -2.31. The van der Waals surface area contributed by atoms with Crippen LogP contribution in [0.25, 0.3) is 0 Å². The summed E-state index contributed by atoms with van der Waals surface area (Å²) in [5.74, 6) is -0.0216. The van der Waals surface area contributed by atoms with Crippen molar-refractivity contribution >= 4 is 27.5 Å². The molecule has 2 aliphatic rings. The molecule has 0 radical (unpaired) electrons. The summed E-state index contributed by atoms with van der Waals surface area (Å²) in [6, 6.07) is 6.33. The van der Waals surface area contributed by atoms with Gasteiger partial charge in [0.2, 0.25) is 10.0 Å². The first kappa shape index (κ1) is 24.3. The highest BCUT2D eigenvalue weighted by Crippen LogP contribution is 2.29. The van der Waals surface area contributed by atoms with Crippen LogP contribution in [0.3, 0.4) is 0 Å². The van der Waals surface area contributed by atoms with Crippen LogP contribution < -0.4 is 15.8 Å². The van der Waals surface area contributed by atoms with Crippen LogP contribution in [0.4, 0.5) is 5.69 Å². The first-order valence-corrected chi connectivity index (χ1v) is 13.3. The van der Waals surface area contributed by atoms with Gasteiger partial charge in [0, 0.05) is 31.9 Å². The summed E-state index contributed by atoms with van der Waals surface area (Å²) < 4.78 is 33.4. The van der Waals surface area contributed by atoms with Gasteiger partial charge in [-0.05, 0) is 70.2 Å². The third-order valence-electron chi connectivity index (χ3n) is 6.44. The molecule has 10 heteroatoms. The Bertz CT molecular complexity index is 1160. The van der Waals surface area contributed by atoms with Gasteiger partial charge in [-0.1, -0.05) is 6.42 Å². The van der Waals surface area contributed by atoms with E-state index < -0.39 is 21.8 Å². The van der Waals surface area contributed by atoms with Crippen molar-refractivity contribution in [1.82, 2.24) is 15.2 Å². The van der Waals surface area contributed by atoms with E-state index in [1.807, 2.05) is 0 Å². The molecule has 0 saturated carbocycles. The molecule has 2 saturated heterocycles. The Labute approximate surface area is 200 Å². The average Bonchev–Trinajstić information content (AvgIpc) is 3.20. The molecule has 2 aromatic rings. The number of rotatable bonds is 5. The van der Waals surface area contributed by atoms with Crippen LogP contribution in [0.15, 0.2) is 33.6 Å². The number of hydrogen-bond acceptors (Lipinski definition) is 6. The van der Waals surface area contributed by atoms with Crippen molar-refractivity contribution in [3.63, 3.8) is 0 Å². The minimum Gasteiger partial charge on any atom is -0.466 e. The summed E-state index contributed by atoms with van der Waals surface area (Å²) in [5, 5.41) is 0. The molecule has 3 heterocycles. The normalized spacial score (nSPS) is 17.4. The summed E-state index contributed by atoms with van der Waals surface area (Å²) in [4.78, 5) is 27.9. The Kier molecular flexibility index (Phi) is 7.27. The number of anilines is 1. The van der Waals surface area contributed by atoms with Crippen molar-refractivity contribution in [2.45, 2.75) is 57.3 Å². The molecule has 4 rings (SSSR count). The maximum Gasteiger partial charge on any atom is 0.273 e. The Balaban J connectivity index is 1.60. The lowest BCUT2D eigenvalue weighted by molar-refractivity contribution is 0.0846. The molecule has 0 bridgehead atoms. The zero-order valence-corrected chi connectivity index (χ0v) is 20.5. The molecular formula is C24H32N4O5S. The van der Waals surface area contributed by atoms with Gasteiger partial charge >= 0.3 is 0 Å². The molecule has 0 aliphatic carbocycles. The van der Waals surface area contributed by atoms with E-state index in [1.54, 1.807) is 32.0 Å². The molecule has 0 atom stereocenters. The van der Waals surface area contributed by atoms with E-state index >= 15 is 0 Å². The number of hydrogen-bond donors (Lipinski definition) is 2. The van der Waals surface area contributed by atoms with E-state index in [0.717, 1.165) is 51.6 Å². The Morgan fingerprint density at radius 1 is 0.824 bits per heavy atom. The van der Waals surface area contributed by atoms with E-state index in [1.165, 1.54) is 10.4 Å². The predicted molar refractivity (Wildman–Crippen MR) is 128 cm³/mol. The fraction of sp³-hybridized carbons (Fsp3) is 0.500. The summed E-state index contributed by atoms with van der Waals surface area (Å²) in [6.45, 7) is 5.96.